The number of carboxylic acid groups (broad SMARTS) is 1. The van der Waals surface area contributed by atoms with Crippen LogP contribution in [0.3, 0.4) is 0 Å². The second kappa shape index (κ2) is 6.96. The van der Waals surface area contributed by atoms with Crippen molar-refractivity contribution < 1.29 is 19.0 Å². The summed E-state index contributed by atoms with van der Waals surface area (Å²) in [6, 6.07) is 4.26. The molecule has 3 rings (SSSR count). The van der Waals surface area contributed by atoms with Gasteiger partial charge in [-0.2, -0.15) is 0 Å². The highest BCUT2D eigenvalue weighted by atomic mass is 35.5. The van der Waals surface area contributed by atoms with Crippen molar-refractivity contribution in [2.45, 2.75) is 13.8 Å². The van der Waals surface area contributed by atoms with Crippen LogP contribution >= 0.6 is 11.6 Å². The number of pyridine rings is 1. The number of carboxylic acids is 1. The molecule has 7 heteroatoms. The van der Waals surface area contributed by atoms with Crippen molar-refractivity contribution in [1.82, 2.24) is 9.55 Å². The Morgan fingerprint density at radius 1 is 1.38 bits per heavy atom. The highest BCUT2D eigenvalue weighted by Gasteiger charge is 2.17. The maximum absolute atomic E-state index is 14.1. The Balaban J connectivity index is 2.07. The van der Waals surface area contributed by atoms with E-state index in [0.29, 0.717) is 45.5 Å². The molecule has 1 N–H and O–H groups in total. The monoisotopic (exact) mass is 376 g/mol. The molecule has 0 saturated heterocycles. The van der Waals surface area contributed by atoms with Crippen LogP contribution < -0.4 is 4.74 Å². The molecule has 0 fully saturated rings. The molecule has 0 amide bonds. The number of nitrogens with zero attached hydrogens (tertiary/aromatic N) is 2. The van der Waals surface area contributed by atoms with Gasteiger partial charge >= 0.3 is 5.97 Å². The highest BCUT2D eigenvalue weighted by Crippen LogP contribution is 2.34. The van der Waals surface area contributed by atoms with Gasteiger partial charge in [-0.05, 0) is 24.1 Å². The van der Waals surface area contributed by atoms with Gasteiger partial charge in [0.25, 0.3) is 0 Å². The quantitative estimate of drug-likeness (QED) is 0.696. The van der Waals surface area contributed by atoms with E-state index >= 15 is 0 Å². The van der Waals surface area contributed by atoms with Gasteiger partial charge in [0.15, 0.2) is 0 Å². The first-order valence-electron chi connectivity index (χ1n) is 8.08. The maximum Gasteiger partial charge on any atom is 0.338 e. The molecule has 0 atom stereocenters. The Kier molecular flexibility index (Phi) is 4.87. The van der Waals surface area contributed by atoms with E-state index in [9.17, 15) is 9.18 Å². The number of fused-ring (bicyclic) bond motifs is 1. The zero-order valence-electron chi connectivity index (χ0n) is 14.6. The van der Waals surface area contributed by atoms with Crippen molar-refractivity contribution >= 4 is 28.5 Å². The summed E-state index contributed by atoms with van der Waals surface area (Å²) in [6.45, 7) is 4.56. The molecule has 0 aliphatic heterocycles. The van der Waals surface area contributed by atoms with Crippen molar-refractivity contribution in [3.8, 4) is 17.0 Å². The van der Waals surface area contributed by atoms with Crippen LogP contribution in [0.2, 0.25) is 5.02 Å². The molecule has 136 valence electrons. The van der Waals surface area contributed by atoms with Gasteiger partial charge in [-0.25, -0.2) is 14.2 Å². The molecule has 3 aromatic rings. The fourth-order valence-corrected chi connectivity index (χ4v) is 2.94. The summed E-state index contributed by atoms with van der Waals surface area (Å²) in [5, 5.41) is 10.1. The molecule has 0 bridgehead atoms. The minimum Gasteiger partial charge on any atom is -0.478 e. The van der Waals surface area contributed by atoms with Gasteiger partial charge in [0.2, 0.25) is 5.88 Å². The highest BCUT2D eigenvalue weighted by molar-refractivity contribution is 6.32. The minimum absolute atomic E-state index is 0.344. The first kappa shape index (κ1) is 18.2. The fourth-order valence-electron chi connectivity index (χ4n) is 2.72. The van der Waals surface area contributed by atoms with Gasteiger partial charge in [-0.3, -0.25) is 0 Å². The van der Waals surface area contributed by atoms with Crippen LogP contribution in [0.25, 0.3) is 22.0 Å². The number of ether oxygens (including phenoxy) is 1. The Bertz CT molecular complexity index is 998. The van der Waals surface area contributed by atoms with Crippen LogP contribution in [0.5, 0.6) is 5.88 Å². The third-order valence-electron chi connectivity index (χ3n) is 3.98. The lowest BCUT2D eigenvalue weighted by atomic mass is 10.0. The normalized spacial score (nSPS) is 11.3. The summed E-state index contributed by atoms with van der Waals surface area (Å²) in [5.74, 6) is -1.39. The van der Waals surface area contributed by atoms with Gasteiger partial charge in [-0.1, -0.05) is 25.4 Å². The number of rotatable bonds is 5. The average molecular weight is 377 g/mol. The van der Waals surface area contributed by atoms with E-state index in [2.05, 4.69) is 4.98 Å². The van der Waals surface area contributed by atoms with Crippen molar-refractivity contribution in [1.29, 1.82) is 0 Å². The lowest BCUT2D eigenvalue weighted by molar-refractivity contribution is 0.0692. The topological polar surface area (TPSA) is 64.4 Å². The SMILES string of the molecule is CC(C)COc1ncc(-c2cn(C)c3cc(C(=O)O)c(F)cc23)cc1Cl. The number of hydrogen-bond donors (Lipinski definition) is 1. The summed E-state index contributed by atoms with van der Waals surface area (Å²) in [5.41, 5.74) is 1.65. The van der Waals surface area contributed by atoms with Crippen LogP contribution in [-0.2, 0) is 7.05 Å². The third-order valence-corrected chi connectivity index (χ3v) is 4.25. The molecule has 0 spiro atoms. The molecule has 5 nitrogen and oxygen atoms in total. The summed E-state index contributed by atoms with van der Waals surface area (Å²) < 4.78 is 21.5. The fraction of sp³-hybridized carbons (Fsp3) is 0.263. The van der Waals surface area contributed by atoms with E-state index in [1.807, 2.05) is 13.8 Å². The molecule has 2 heterocycles. The number of halogens is 2. The van der Waals surface area contributed by atoms with Gasteiger partial charge < -0.3 is 14.4 Å². The molecule has 0 unspecified atom stereocenters. The molecule has 26 heavy (non-hydrogen) atoms. The summed E-state index contributed by atoms with van der Waals surface area (Å²) >= 11 is 6.27. The molecule has 0 radical (unpaired) electrons. The first-order valence-corrected chi connectivity index (χ1v) is 8.46. The number of aryl methyl sites for hydroxylation is 1. The Morgan fingerprint density at radius 2 is 2.12 bits per heavy atom. The van der Waals surface area contributed by atoms with Crippen LogP contribution in [0, 0.1) is 11.7 Å². The third kappa shape index (κ3) is 3.37. The van der Waals surface area contributed by atoms with E-state index in [0.717, 1.165) is 0 Å². The van der Waals surface area contributed by atoms with E-state index in [4.69, 9.17) is 21.4 Å². The Hall–Kier alpha value is -2.60. The van der Waals surface area contributed by atoms with Crippen LogP contribution in [-0.4, -0.2) is 27.2 Å². The molecule has 0 aliphatic carbocycles. The molecule has 1 aromatic carbocycles. The standard InChI is InChI=1S/C19H18ClFN2O3/c1-10(2)9-26-18-15(20)4-11(7-22-18)14-8-23(3)17-6-13(19(24)25)16(21)5-12(14)17/h4-8,10H,9H2,1-3H3,(H,24,25). The molecule has 2 aromatic heterocycles. The largest absolute Gasteiger partial charge is 0.478 e. The number of carbonyl (C=O) groups is 1. The van der Waals surface area contributed by atoms with Gasteiger partial charge in [0.05, 0.1) is 12.2 Å². The smallest absolute Gasteiger partial charge is 0.338 e. The predicted octanol–water partition coefficient (Wildman–Crippen LogP) is 4.77. The Labute approximate surface area is 155 Å². The zero-order valence-corrected chi connectivity index (χ0v) is 15.3. The first-order chi connectivity index (χ1) is 12.3. The molecule has 0 saturated carbocycles. The van der Waals surface area contributed by atoms with E-state index in [1.165, 1.54) is 12.1 Å². The lowest BCUT2D eigenvalue weighted by Gasteiger charge is -2.10. The summed E-state index contributed by atoms with van der Waals surface area (Å²) in [7, 11) is 1.77. The predicted molar refractivity (Wildman–Crippen MR) is 98.4 cm³/mol. The second-order valence-corrected chi connectivity index (χ2v) is 6.93. The van der Waals surface area contributed by atoms with Gasteiger partial charge in [0, 0.05) is 41.5 Å². The van der Waals surface area contributed by atoms with Crippen LogP contribution in [0.1, 0.15) is 24.2 Å². The average Bonchev–Trinajstić information content (AvgIpc) is 2.88. The zero-order chi connectivity index (χ0) is 19.0. The number of benzene rings is 1. The van der Waals surface area contributed by atoms with Crippen LogP contribution in [0.4, 0.5) is 4.39 Å². The van der Waals surface area contributed by atoms with Crippen molar-refractivity contribution in [3.63, 3.8) is 0 Å². The van der Waals surface area contributed by atoms with E-state index < -0.39 is 11.8 Å². The molecular formula is C19H18ClFN2O3. The van der Waals surface area contributed by atoms with Crippen LogP contribution in [0.15, 0.2) is 30.6 Å². The van der Waals surface area contributed by atoms with E-state index in [1.54, 1.807) is 30.1 Å². The summed E-state index contributed by atoms with van der Waals surface area (Å²) in [4.78, 5) is 15.4. The lowest BCUT2D eigenvalue weighted by Crippen LogP contribution is -2.06. The molecule has 0 aliphatic rings. The number of aromatic carboxylic acids is 1. The Morgan fingerprint density at radius 3 is 2.73 bits per heavy atom. The maximum atomic E-state index is 14.1. The van der Waals surface area contributed by atoms with Crippen molar-refractivity contribution in [3.05, 3.63) is 47.0 Å². The number of hydrogen-bond acceptors (Lipinski definition) is 3. The second-order valence-electron chi connectivity index (χ2n) is 6.52. The van der Waals surface area contributed by atoms with Gasteiger partial charge in [-0.15, -0.1) is 0 Å². The molecular weight excluding hydrogens is 359 g/mol. The van der Waals surface area contributed by atoms with E-state index in [-0.39, 0.29) is 5.56 Å². The van der Waals surface area contributed by atoms with Crippen molar-refractivity contribution in [2.24, 2.45) is 13.0 Å². The van der Waals surface area contributed by atoms with Gasteiger partial charge in [0.1, 0.15) is 10.8 Å². The summed E-state index contributed by atoms with van der Waals surface area (Å²) in [6.07, 6.45) is 3.40. The number of aromatic nitrogens is 2. The minimum atomic E-state index is -1.30. The van der Waals surface area contributed by atoms with Crippen molar-refractivity contribution in [2.75, 3.05) is 6.61 Å².